The molecule has 2 N–H and O–H groups in total. The van der Waals surface area contributed by atoms with Crippen molar-refractivity contribution in [1.82, 2.24) is 15.1 Å². The third-order valence-corrected chi connectivity index (χ3v) is 6.97. The molecule has 0 bridgehead atoms. The maximum Gasteiger partial charge on any atom is 0.267 e. The monoisotopic (exact) mass is 492 g/mol. The molecule has 0 spiro atoms. The van der Waals surface area contributed by atoms with Crippen LogP contribution < -0.4 is 20.1 Å². The number of amides is 3. The average Bonchev–Trinajstić information content (AvgIpc) is 3.41. The number of carbonyl (C=O) groups excluding carboxylic acids is 3. The number of benzene rings is 2. The molecule has 1 aliphatic carbocycles. The molecular weight excluding hydrogens is 460 g/mol. The molecule has 1 atom stereocenters. The number of nitrogens with one attached hydrogen (secondary N) is 2. The summed E-state index contributed by atoms with van der Waals surface area (Å²) >= 11 is 0. The van der Waals surface area contributed by atoms with Gasteiger partial charge in [-0.05, 0) is 37.1 Å². The third-order valence-electron chi connectivity index (χ3n) is 6.97. The second-order valence-corrected chi connectivity index (χ2v) is 9.51. The summed E-state index contributed by atoms with van der Waals surface area (Å²) in [4.78, 5) is 42.3. The predicted molar refractivity (Wildman–Crippen MR) is 134 cm³/mol. The molecule has 1 saturated heterocycles. The molecule has 9 heteroatoms. The van der Waals surface area contributed by atoms with Gasteiger partial charge in [-0.25, -0.2) is 0 Å². The van der Waals surface area contributed by atoms with Gasteiger partial charge in [0.05, 0.1) is 17.8 Å². The van der Waals surface area contributed by atoms with Crippen LogP contribution in [0.25, 0.3) is 0 Å². The molecule has 2 aliphatic heterocycles. The van der Waals surface area contributed by atoms with Crippen LogP contribution in [-0.4, -0.2) is 79.0 Å². The molecule has 2 heterocycles. The zero-order valence-corrected chi connectivity index (χ0v) is 20.3. The number of ether oxygens (including phenoxy) is 2. The van der Waals surface area contributed by atoms with E-state index in [0.29, 0.717) is 48.9 Å². The third kappa shape index (κ3) is 5.62. The standard InChI is InChI=1S/C27H32N4O5/c32-25(29-21-10-4-3-9-20(21)26(33)28-19-7-1-2-8-19)17-30-13-15-31(16-14-30)27(34)24-18-35-22-11-5-6-12-23(22)36-24/h3-6,9-12,19,24H,1-2,7-8,13-18H2,(H,28,33)(H,29,32)/t24-/m0/s1. The van der Waals surface area contributed by atoms with Gasteiger partial charge in [0.25, 0.3) is 11.8 Å². The molecule has 3 aliphatic rings. The van der Waals surface area contributed by atoms with Crippen molar-refractivity contribution in [2.75, 3.05) is 44.6 Å². The fourth-order valence-electron chi connectivity index (χ4n) is 4.99. The number of hydrogen-bond donors (Lipinski definition) is 2. The molecule has 2 fully saturated rings. The van der Waals surface area contributed by atoms with Gasteiger partial charge in [-0.1, -0.05) is 37.1 Å². The van der Waals surface area contributed by atoms with Crippen molar-refractivity contribution >= 4 is 23.4 Å². The highest BCUT2D eigenvalue weighted by Gasteiger charge is 2.33. The number of fused-ring (bicyclic) bond motifs is 1. The summed E-state index contributed by atoms with van der Waals surface area (Å²) in [6, 6.07) is 14.6. The Labute approximate surface area is 210 Å². The van der Waals surface area contributed by atoms with Crippen LogP contribution in [0.3, 0.4) is 0 Å². The van der Waals surface area contributed by atoms with E-state index in [2.05, 4.69) is 10.6 Å². The molecule has 0 aromatic heterocycles. The summed E-state index contributed by atoms with van der Waals surface area (Å²) < 4.78 is 11.5. The molecular formula is C27H32N4O5. The molecule has 190 valence electrons. The van der Waals surface area contributed by atoms with E-state index >= 15 is 0 Å². The Balaban J connectivity index is 1.10. The molecule has 1 saturated carbocycles. The Morgan fingerprint density at radius 2 is 1.58 bits per heavy atom. The topological polar surface area (TPSA) is 100 Å². The van der Waals surface area contributed by atoms with Gasteiger partial charge in [0.15, 0.2) is 11.5 Å². The first-order chi connectivity index (χ1) is 17.6. The lowest BCUT2D eigenvalue weighted by atomic mass is 10.1. The van der Waals surface area contributed by atoms with Gasteiger partial charge in [0.2, 0.25) is 12.0 Å². The first kappa shape index (κ1) is 24.1. The fraction of sp³-hybridized carbons (Fsp3) is 0.444. The number of carbonyl (C=O) groups is 3. The lowest BCUT2D eigenvalue weighted by Gasteiger charge is -2.36. The molecule has 0 radical (unpaired) electrons. The highest BCUT2D eigenvalue weighted by atomic mass is 16.6. The van der Waals surface area contributed by atoms with E-state index in [-0.39, 0.29) is 36.9 Å². The fourth-order valence-corrected chi connectivity index (χ4v) is 4.99. The van der Waals surface area contributed by atoms with Crippen molar-refractivity contribution in [3.05, 3.63) is 54.1 Å². The van der Waals surface area contributed by atoms with E-state index in [0.717, 1.165) is 25.7 Å². The molecule has 5 rings (SSSR count). The van der Waals surface area contributed by atoms with Crippen LogP contribution in [0.5, 0.6) is 11.5 Å². The Kier molecular flexibility index (Phi) is 7.36. The molecule has 36 heavy (non-hydrogen) atoms. The van der Waals surface area contributed by atoms with Crippen molar-refractivity contribution in [3.63, 3.8) is 0 Å². The van der Waals surface area contributed by atoms with Crippen molar-refractivity contribution in [1.29, 1.82) is 0 Å². The number of hydrogen-bond acceptors (Lipinski definition) is 6. The summed E-state index contributed by atoms with van der Waals surface area (Å²) in [5.74, 6) is 0.790. The average molecular weight is 493 g/mol. The van der Waals surface area contributed by atoms with Crippen LogP contribution in [0.1, 0.15) is 36.0 Å². The van der Waals surface area contributed by atoms with E-state index in [1.54, 1.807) is 29.2 Å². The van der Waals surface area contributed by atoms with E-state index < -0.39 is 6.10 Å². The van der Waals surface area contributed by atoms with Crippen molar-refractivity contribution in [2.45, 2.75) is 37.8 Å². The Morgan fingerprint density at radius 1 is 0.889 bits per heavy atom. The number of para-hydroxylation sites is 3. The zero-order chi connectivity index (χ0) is 24.9. The zero-order valence-electron chi connectivity index (χ0n) is 20.3. The van der Waals surface area contributed by atoms with E-state index in [9.17, 15) is 14.4 Å². The first-order valence-corrected chi connectivity index (χ1v) is 12.7. The SMILES string of the molecule is O=C(CN1CCN(C(=O)[C@@H]2COc3ccccc3O2)CC1)Nc1ccccc1C(=O)NC1CCCC1. The summed E-state index contributed by atoms with van der Waals surface area (Å²) in [6.45, 7) is 2.55. The van der Waals surface area contributed by atoms with Crippen LogP contribution in [0.2, 0.25) is 0 Å². The minimum absolute atomic E-state index is 0.101. The van der Waals surface area contributed by atoms with Crippen LogP contribution in [-0.2, 0) is 9.59 Å². The number of rotatable bonds is 6. The number of nitrogens with zero attached hydrogens (tertiary/aromatic N) is 2. The van der Waals surface area contributed by atoms with Crippen LogP contribution >= 0.6 is 0 Å². The van der Waals surface area contributed by atoms with E-state index in [1.807, 2.05) is 29.2 Å². The van der Waals surface area contributed by atoms with Crippen LogP contribution in [0.4, 0.5) is 5.69 Å². The predicted octanol–water partition coefficient (Wildman–Crippen LogP) is 2.28. The van der Waals surface area contributed by atoms with Gasteiger partial charge in [-0.15, -0.1) is 0 Å². The maximum absolute atomic E-state index is 12.9. The van der Waals surface area contributed by atoms with Gasteiger partial charge >= 0.3 is 0 Å². The van der Waals surface area contributed by atoms with E-state index in [1.165, 1.54) is 0 Å². The van der Waals surface area contributed by atoms with Crippen molar-refractivity contribution in [3.8, 4) is 11.5 Å². The second-order valence-electron chi connectivity index (χ2n) is 9.51. The van der Waals surface area contributed by atoms with Crippen LogP contribution in [0.15, 0.2) is 48.5 Å². The summed E-state index contributed by atoms with van der Waals surface area (Å²) in [5.41, 5.74) is 0.992. The number of anilines is 1. The van der Waals surface area contributed by atoms with Gasteiger partial charge in [-0.2, -0.15) is 0 Å². The summed E-state index contributed by atoms with van der Waals surface area (Å²) in [7, 11) is 0. The molecule has 2 aromatic carbocycles. The molecule has 9 nitrogen and oxygen atoms in total. The van der Waals surface area contributed by atoms with Gasteiger partial charge in [0.1, 0.15) is 6.61 Å². The molecule has 2 aromatic rings. The Bertz CT molecular complexity index is 1110. The minimum atomic E-state index is -0.665. The minimum Gasteiger partial charge on any atom is -0.485 e. The Hall–Kier alpha value is -3.59. The lowest BCUT2D eigenvalue weighted by Crippen LogP contribution is -2.55. The van der Waals surface area contributed by atoms with Gasteiger partial charge < -0.3 is 25.0 Å². The molecule has 0 unspecified atom stereocenters. The van der Waals surface area contributed by atoms with Crippen molar-refractivity contribution in [2.24, 2.45) is 0 Å². The highest BCUT2D eigenvalue weighted by molar-refractivity contribution is 6.04. The van der Waals surface area contributed by atoms with E-state index in [4.69, 9.17) is 9.47 Å². The van der Waals surface area contributed by atoms with Gasteiger partial charge in [0, 0.05) is 32.2 Å². The van der Waals surface area contributed by atoms with Crippen LogP contribution in [0, 0.1) is 0 Å². The number of piperazine rings is 1. The summed E-state index contributed by atoms with van der Waals surface area (Å²) in [6.07, 6.45) is 3.61. The largest absolute Gasteiger partial charge is 0.485 e. The quantitative estimate of drug-likeness (QED) is 0.642. The van der Waals surface area contributed by atoms with Crippen molar-refractivity contribution < 1.29 is 23.9 Å². The smallest absolute Gasteiger partial charge is 0.267 e. The summed E-state index contributed by atoms with van der Waals surface area (Å²) in [5, 5.41) is 5.98. The first-order valence-electron chi connectivity index (χ1n) is 12.7. The molecule has 3 amide bonds. The maximum atomic E-state index is 12.9. The lowest BCUT2D eigenvalue weighted by molar-refractivity contribution is -0.143. The van der Waals surface area contributed by atoms with Gasteiger partial charge in [-0.3, -0.25) is 19.3 Å². The second kappa shape index (κ2) is 11.0. The highest BCUT2D eigenvalue weighted by Crippen LogP contribution is 2.31. The Morgan fingerprint density at radius 3 is 2.36 bits per heavy atom. The normalized spacial score (nSPS) is 20.1.